The number of halogens is 1. The Hall–Kier alpha value is -4.74. The van der Waals surface area contributed by atoms with Gasteiger partial charge in [-0.25, -0.2) is 22.3 Å². The number of hydrogen-bond acceptors (Lipinski definition) is 6. The Labute approximate surface area is 254 Å². The number of rotatable bonds is 11. The van der Waals surface area contributed by atoms with E-state index in [0.717, 1.165) is 11.6 Å². The fraction of sp³-hybridized carbons (Fsp3) is 0.212. The predicted molar refractivity (Wildman–Crippen MR) is 162 cm³/mol. The van der Waals surface area contributed by atoms with Crippen LogP contribution in [0.2, 0.25) is 0 Å². The lowest BCUT2D eigenvalue weighted by atomic mass is 9.94. The van der Waals surface area contributed by atoms with Crippen molar-refractivity contribution in [3.8, 4) is 17.2 Å². The molecule has 0 unspecified atom stereocenters. The molecule has 44 heavy (non-hydrogen) atoms. The lowest BCUT2D eigenvalue weighted by Gasteiger charge is -2.29. The van der Waals surface area contributed by atoms with Crippen molar-refractivity contribution in [1.82, 2.24) is 4.72 Å². The molecule has 1 fully saturated rings. The van der Waals surface area contributed by atoms with Gasteiger partial charge in [0.1, 0.15) is 23.1 Å². The van der Waals surface area contributed by atoms with E-state index in [0.29, 0.717) is 42.9 Å². The first-order valence-corrected chi connectivity index (χ1v) is 15.6. The van der Waals surface area contributed by atoms with Gasteiger partial charge in [-0.15, -0.1) is 0 Å². The first kappa shape index (κ1) is 30.7. The van der Waals surface area contributed by atoms with Crippen LogP contribution in [0.15, 0.2) is 102 Å². The highest BCUT2D eigenvalue weighted by Gasteiger charge is 2.27. The quantitative estimate of drug-likeness (QED) is 0.183. The third kappa shape index (κ3) is 8.21. The zero-order valence-electron chi connectivity index (χ0n) is 23.6. The maximum absolute atomic E-state index is 13.5. The van der Waals surface area contributed by atoms with E-state index in [9.17, 15) is 27.5 Å². The molecule has 1 aliphatic rings. The van der Waals surface area contributed by atoms with Crippen LogP contribution in [0, 0.1) is 5.82 Å². The number of para-hydroxylation sites is 1. The minimum Gasteiger partial charge on any atom is -0.490 e. The molecule has 3 N–H and O–H groups in total. The summed E-state index contributed by atoms with van der Waals surface area (Å²) in [5.41, 5.74) is 1.01. The summed E-state index contributed by atoms with van der Waals surface area (Å²) in [7, 11) is -3.79. The van der Waals surface area contributed by atoms with E-state index in [-0.39, 0.29) is 40.6 Å². The van der Waals surface area contributed by atoms with E-state index in [1.54, 1.807) is 54.6 Å². The maximum Gasteiger partial charge on any atom is 0.337 e. The van der Waals surface area contributed by atoms with Crippen LogP contribution in [0.3, 0.4) is 0 Å². The van der Waals surface area contributed by atoms with Gasteiger partial charge in [0.15, 0.2) is 0 Å². The SMILES string of the molecule is O=C(Cc1ccc(Oc2ccc(OC3CCC(NS(=O)(=O)c4cccc(F)c4)CC3)cc2)cc1)Nc1ccccc1C(=O)O. The van der Waals surface area contributed by atoms with E-state index < -0.39 is 21.8 Å². The van der Waals surface area contributed by atoms with Gasteiger partial charge >= 0.3 is 5.97 Å². The Bertz CT molecular complexity index is 1720. The smallest absolute Gasteiger partial charge is 0.337 e. The molecular formula is C33H31FN2O7S. The third-order valence-corrected chi connectivity index (χ3v) is 8.70. The van der Waals surface area contributed by atoms with Crippen LogP contribution in [-0.4, -0.2) is 37.5 Å². The molecule has 0 bridgehead atoms. The third-order valence-electron chi connectivity index (χ3n) is 7.18. The van der Waals surface area contributed by atoms with Crippen LogP contribution in [0.25, 0.3) is 0 Å². The van der Waals surface area contributed by atoms with Gasteiger partial charge in [-0.3, -0.25) is 4.79 Å². The number of carboxylic acid groups (broad SMARTS) is 1. The highest BCUT2D eigenvalue weighted by Crippen LogP contribution is 2.28. The average Bonchev–Trinajstić information content (AvgIpc) is 3.00. The number of carboxylic acids is 1. The summed E-state index contributed by atoms with van der Waals surface area (Å²) < 4.78 is 53.3. The summed E-state index contributed by atoms with van der Waals surface area (Å²) in [6, 6.07) is 25.2. The van der Waals surface area contributed by atoms with Crippen LogP contribution in [0.4, 0.5) is 10.1 Å². The van der Waals surface area contributed by atoms with Gasteiger partial charge in [0.05, 0.1) is 28.7 Å². The second kappa shape index (κ2) is 13.7. The average molecular weight is 619 g/mol. The van der Waals surface area contributed by atoms with E-state index in [4.69, 9.17) is 9.47 Å². The van der Waals surface area contributed by atoms with Crippen LogP contribution in [-0.2, 0) is 21.2 Å². The number of nitrogens with one attached hydrogen (secondary N) is 2. The molecule has 0 atom stereocenters. The molecule has 1 amide bonds. The second-order valence-corrected chi connectivity index (χ2v) is 12.2. The van der Waals surface area contributed by atoms with Gasteiger partial charge in [-0.2, -0.15) is 0 Å². The van der Waals surface area contributed by atoms with Crippen molar-refractivity contribution in [2.24, 2.45) is 0 Å². The van der Waals surface area contributed by atoms with Gasteiger partial charge in [0, 0.05) is 6.04 Å². The predicted octanol–water partition coefficient (Wildman–Crippen LogP) is 6.17. The lowest BCUT2D eigenvalue weighted by molar-refractivity contribution is -0.115. The Balaban J connectivity index is 1.07. The molecule has 4 aromatic carbocycles. The fourth-order valence-electron chi connectivity index (χ4n) is 4.97. The first-order valence-electron chi connectivity index (χ1n) is 14.1. The highest BCUT2D eigenvalue weighted by atomic mass is 32.2. The van der Waals surface area contributed by atoms with Crippen LogP contribution >= 0.6 is 0 Å². The number of aromatic carboxylic acids is 1. The number of hydrogen-bond donors (Lipinski definition) is 3. The van der Waals surface area contributed by atoms with Crippen molar-refractivity contribution >= 4 is 27.6 Å². The van der Waals surface area contributed by atoms with Gasteiger partial charge in [0.25, 0.3) is 0 Å². The molecule has 228 valence electrons. The summed E-state index contributed by atoms with van der Waals surface area (Å²) in [6.07, 6.45) is 2.57. The molecule has 0 aliphatic heterocycles. The summed E-state index contributed by atoms with van der Waals surface area (Å²) >= 11 is 0. The Morgan fingerprint density at radius 2 is 1.45 bits per heavy atom. The van der Waals surface area contributed by atoms with Crippen molar-refractivity contribution in [3.05, 3.63) is 114 Å². The van der Waals surface area contributed by atoms with E-state index in [1.807, 2.05) is 12.1 Å². The highest BCUT2D eigenvalue weighted by molar-refractivity contribution is 7.89. The normalized spacial score (nSPS) is 16.6. The minimum atomic E-state index is -3.79. The molecule has 0 radical (unpaired) electrons. The Morgan fingerprint density at radius 3 is 2.11 bits per heavy atom. The lowest BCUT2D eigenvalue weighted by Crippen LogP contribution is -2.39. The van der Waals surface area contributed by atoms with E-state index in [1.165, 1.54) is 24.3 Å². The van der Waals surface area contributed by atoms with Crippen LogP contribution in [0.5, 0.6) is 17.2 Å². The minimum absolute atomic E-state index is 0.0255. The summed E-state index contributed by atoms with van der Waals surface area (Å²) in [5, 5.41) is 11.9. The zero-order valence-corrected chi connectivity index (χ0v) is 24.4. The molecule has 0 heterocycles. The van der Waals surface area contributed by atoms with Gasteiger partial charge in [-0.1, -0.05) is 30.3 Å². The molecule has 0 aromatic heterocycles. The van der Waals surface area contributed by atoms with Crippen molar-refractivity contribution in [2.75, 3.05) is 5.32 Å². The molecular weight excluding hydrogens is 587 g/mol. The Kier molecular flexibility index (Phi) is 9.56. The van der Waals surface area contributed by atoms with Crippen LogP contribution in [0.1, 0.15) is 41.6 Å². The number of carbonyl (C=O) groups excluding carboxylic acids is 1. The van der Waals surface area contributed by atoms with E-state index >= 15 is 0 Å². The number of sulfonamides is 1. The number of benzene rings is 4. The molecule has 0 spiro atoms. The summed E-state index contributed by atoms with van der Waals surface area (Å²) in [4.78, 5) is 23.7. The number of carbonyl (C=O) groups is 2. The van der Waals surface area contributed by atoms with E-state index in [2.05, 4.69) is 10.0 Å². The monoisotopic (exact) mass is 618 g/mol. The second-order valence-electron chi connectivity index (χ2n) is 10.5. The zero-order chi connectivity index (χ0) is 31.1. The summed E-state index contributed by atoms with van der Waals surface area (Å²) in [6.45, 7) is 0. The number of amides is 1. The standard InChI is InChI=1S/C33H31FN2O7S/c34-23-4-3-5-29(21-23)44(40,41)36-24-10-14-26(15-11-24)43-28-18-16-27(17-19-28)42-25-12-8-22(9-13-25)20-32(37)35-31-7-2-1-6-30(31)33(38)39/h1-9,12-13,16-19,21,24,26,36H,10-11,14-15,20H2,(H,35,37)(H,38,39). The molecule has 0 saturated heterocycles. The van der Waals surface area contributed by atoms with Gasteiger partial charge in [0.2, 0.25) is 15.9 Å². The molecule has 9 nitrogen and oxygen atoms in total. The van der Waals surface area contributed by atoms with Crippen molar-refractivity contribution in [3.63, 3.8) is 0 Å². The van der Waals surface area contributed by atoms with Crippen molar-refractivity contribution in [1.29, 1.82) is 0 Å². The van der Waals surface area contributed by atoms with Crippen LogP contribution < -0.4 is 19.5 Å². The Morgan fingerprint density at radius 1 is 0.818 bits per heavy atom. The molecule has 4 aromatic rings. The maximum atomic E-state index is 13.5. The number of ether oxygens (including phenoxy) is 2. The first-order chi connectivity index (χ1) is 21.1. The topological polar surface area (TPSA) is 131 Å². The molecule has 5 rings (SSSR count). The molecule has 11 heteroatoms. The molecule has 1 saturated carbocycles. The van der Waals surface area contributed by atoms with Gasteiger partial charge < -0.3 is 19.9 Å². The van der Waals surface area contributed by atoms with Crippen molar-refractivity contribution in [2.45, 2.75) is 49.1 Å². The van der Waals surface area contributed by atoms with Gasteiger partial charge in [-0.05, 0) is 98.0 Å². The summed E-state index contributed by atoms with van der Waals surface area (Å²) in [5.74, 6) is -0.188. The fourth-order valence-corrected chi connectivity index (χ4v) is 6.30. The van der Waals surface area contributed by atoms with Crippen molar-refractivity contribution < 1.29 is 37.0 Å². The number of anilines is 1. The molecule has 1 aliphatic carbocycles. The largest absolute Gasteiger partial charge is 0.490 e.